The zero-order chi connectivity index (χ0) is 15.4. The van der Waals surface area contributed by atoms with Gasteiger partial charge in [-0.15, -0.1) is 11.3 Å². The highest BCUT2D eigenvalue weighted by molar-refractivity contribution is 7.09. The number of aromatic nitrogens is 2. The molecule has 3 heterocycles. The van der Waals surface area contributed by atoms with Crippen LogP contribution in [0.5, 0.6) is 0 Å². The van der Waals surface area contributed by atoms with Crippen molar-refractivity contribution < 1.29 is 9.53 Å². The second-order valence-corrected chi connectivity index (χ2v) is 6.15. The van der Waals surface area contributed by atoms with E-state index in [0.717, 1.165) is 42.7 Å². The average Bonchev–Trinajstić information content (AvgIpc) is 2.94. The van der Waals surface area contributed by atoms with Gasteiger partial charge in [0, 0.05) is 18.5 Å². The van der Waals surface area contributed by atoms with Gasteiger partial charge in [-0.1, -0.05) is 0 Å². The number of aryl methyl sites for hydroxylation is 1. The van der Waals surface area contributed by atoms with E-state index >= 15 is 0 Å². The highest BCUT2D eigenvalue weighted by Gasteiger charge is 2.12. The van der Waals surface area contributed by atoms with Crippen LogP contribution >= 0.6 is 11.3 Å². The molecule has 1 saturated heterocycles. The molecule has 0 spiro atoms. The fraction of sp³-hybridized carbons (Fsp3) is 0.400. The molecule has 0 atom stereocenters. The maximum Gasteiger partial charge on any atom is 0.231 e. The number of hydrogen-bond acceptors (Lipinski definition) is 6. The molecule has 1 amide bonds. The van der Waals surface area contributed by atoms with E-state index in [-0.39, 0.29) is 12.3 Å². The maximum atomic E-state index is 12.0. The highest BCUT2D eigenvalue weighted by Crippen LogP contribution is 2.16. The summed E-state index contributed by atoms with van der Waals surface area (Å²) in [6, 6.07) is 3.80. The van der Waals surface area contributed by atoms with Gasteiger partial charge in [0.1, 0.15) is 5.82 Å². The molecule has 0 saturated carbocycles. The van der Waals surface area contributed by atoms with E-state index in [4.69, 9.17) is 4.74 Å². The third-order valence-corrected chi connectivity index (χ3v) is 4.22. The van der Waals surface area contributed by atoms with Gasteiger partial charge in [0.05, 0.1) is 42.2 Å². The van der Waals surface area contributed by atoms with Crippen molar-refractivity contribution in [3.8, 4) is 0 Å². The fourth-order valence-electron chi connectivity index (χ4n) is 2.31. The number of morpholine rings is 1. The molecule has 1 aliphatic rings. The number of carbonyl (C=O) groups is 1. The third-order valence-electron chi connectivity index (χ3n) is 3.40. The molecule has 2 aromatic heterocycles. The Morgan fingerprint density at radius 1 is 1.41 bits per heavy atom. The van der Waals surface area contributed by atoms with Crippen LogP contribution < -0.4 is 10.2 Å². The number of nitrogens with zero attached hydrogens (tertiary/aromatic N) is 3. The highest BCUT2D eigenvalue weighted by atomic mass is 32.1. The first-order chi connectivity index (χ1) is 10.7. The average molecular weight is 318 g/mol. The van der Waals surface area contributed by atoms with E-state index in [0.29, 0.717) is 5.82 Å². The number of pyridine rings is 1. The minimum absolute atomic E-state index is 0.100. The van der Waals surface area contributed by atoms with Gasteiger partial charge >= 0.3 is 0 Å². The van der Waals surface area contributed by atoms with Gasteiger partial charge in [-0.2, -0.15) is 0 Å². The lowest BCUT2D eigenvalue weighted by molar-refractivity contribution is -0.115. The third kappa shape index (κ3) is 3.80. The topological polar surface area (TPSA) is 67.4 Å². The van der Waals surface area contributed by atoms with Crippen molar-refractivity contribution in [2.75, 3.05) is 36.5 Å². The van der Waals surface area contributed by atoms with Crippen LogP contribution in [-0.4, -0.2) is 42.2 Å². The van der Waals surface area contributed by atoms with Crippen LogP contribution in [0.15, 0.2) is 23.7 Å². The smallest absolute Gasteiger partial charge is 0.231 e. The quantitative estimate of drug-likeness (QED) is 0.932. The predicted octanol–water partition coefficient (Wildman–Crippen LogP) is 1.86. The number of rotatable bonds is 4. The zero-order valence-corrected chi connectivity index (χ0v) is 13.2. The molecule has 116 valence electrons. The van der Waals surface area contributed by atoms with Crippen LogP contribution in [-0.2, 0) is 16.0 Å². The van der Waals surface area contributed by atoms with E-state index < -0.39 is 0 Å². The lowest BCUT2D eigenvalue weighted by atomic mass is 10.3. The Hall–Kier alpha value is -1.99. The Kier molecular flexibility index (Phi) is 4.65. The Bertz CT molecular complexity index is 635. The minimum Gasteiger partial charge on any atom is -0.378 e. The number of ether oxygens (including phenoxy) is 1. The molecule has 22 heavy (non-hydrogen) atoms. The normalized spacial score (nSPS) is 14.9. The summed E-state index contributed by atoms with van der Waals surface area (Å²) in [5, 5.41) is 5.68. The van der Waals surface area contributed by atoms with Crippen molar-refractivity contribution in [1.82, 2.24) is 9.97 Å². The monoisotopic (exact) mass is 318 g/mol. The molecule has 0 aliphatic carbocycles. The van der Waals surface area contributed by atoms with Crippen molar-refractivity contribution in [2.45, 2.75) is 13.3 Å². The molecule has 0 bridgehead atoms. The van der Waals surface area contributed by atoms with Crippen LogP contribution in [0.3, 0.4) is 0 Å². The molecular weight excluding hydrogens is 300 g/mol. The first-order valence-corrected chi connectivity index (χ1v) is 8.08. The van der Waals surface area contributed by atoms with E-state index in [2.05, 4.69) is 20.2 Å². The van der Waals surface area contributed by atoms with Crippen molar-refractivity contribution in [1.29, 1.82) is 0 Å². The van der Waals surface area contributed by atoms with Gasteiger partial charge in [0.2, 0.25) is 5.91 Å². The minimum atomic E-state index is -0.100. The van der Waals surface area contributed by atoms with E-state index in [1.54, 1.807) is 17.5 Å². The number of amides is 1. The Balaban J connectivity index is 1.57. The number of anilines is 2. The summed E-state index contributed by atoms with van der Waals surface area (Å²) in [4.78, 5) is 22.8. The second kappa shape index (κ2) is 6.85. The summed E-state index contributed by atoms with van der Waals surface area (Å²) in [7, 11) is 0. The molecule has 0 unspecified atom stereocenters. The summed E-state index contributed by atoms with van der Waals surface area (Å²) < 4.78 is 5.33. The van der Waals surface area contributed by atoms with Crippen molar-refractivity contribution >= 4 is 28.7 Å². The molecule has 1 N–H and O–H groups in total. The SMILES string of the molecule is Cc1nc(CC(=O)Nc2ccc(N3CCOCC3)cn2)cs1. The Labute approximate surface area is 133 Å². The first kappa shape index (κ1) is 14.9. The predicted molar refractivity (Wildman–Crippen MR) is 86.5 cm³/mol. The standard InChI is InChI=1S/C15H18N4O2S/c1-11-17-12(10-22-11)8-15(20)18-14-3-2-13(9-16-14)19-4-6-21-7-5-19/h2-3,9-10H,4-8H2,1H3,(H,16,18,20). The summed E-state index contributed by atoms with van der Waals surface area (Å²) >= 11 is 1.55. The van der Waals surface area contributed by atoms with Gasteiger partial charge in [0.25, 0.3) is 0 Å². The fourth-order valence-corrected chi connectivity index (χ4v) is 2.92. The van der Waals surface area contributed by atoms with Crippen LogP contribution in [0.2, 0.25) is 0 Å². The van der Waals surface area contributed by atoms with E-state index in [1.165, 1.54) is 0 Å². The van der Waals surface area contributed by atoms with Gasteiger partial charge in [-0.3, -0.25) is 4.79 Å². The molecule has 3 rings (SSSR count). The molecule has 2 aromatic rings. The lowest BCUT2D eigenvalue weighted by Gasteiger charge is -2.28. The lowest BCUT2D eigenvalue weighted by Crippen LogP contribution is -2.36. The first-order valence-electron chi connectivity index (χ1n) is 7.20. The zero-order valence-electron chi connectivity index (χ0n) is 12.4. The van der Waals surface area contributed by atoms with Crippen LogP contribution in [0.1, 0.15) is 10.7 Å². The van der Waals surface area contributed by atoms with E-state index in [9.17, 15) is 4.79 Å². The number of hydrogen-bond donors (Lipinski definition) is 1. The molecule has 0 aromatic carbocycles. The Morgan fingerprint density at radius 3 is 2.86 bits per heavy atom. The van der Waals surface area contributed by atoms with Crippen LogP contribution in [0.25, 0.3) is 0 Å². The Morgan fingerprint density at radius 2 is 2.23 bits per heavy atom. The second-order valence-electron chi connectivity index (χ2n) is 5.08. The largest absolute Gasteiger partial charge is 0.378 e. The summed E-state index contributed by atoms with van der Waals surface area (Å²) in [6.45, 7) is 5.15. The van der Waals surface area contributed by atoms with Crippen molar-refractivity contribution in [2.24, 2.45) is 0 Å². The van der Waals surface area contributed by atoms with E-state index in [1.807, 2.05) is 24.4 Å². The summed E-state index contributed by atoms with van der Waals surface area (Å²) in [6.07, 6.45) is 2.06. The maximum absolute atomic E-state index is 12.0. The summed E-state index contributed by atoms with van der Waals surface area (Å²) in [5.74, 6) is 0.464. The van der Waals surface area contributed by atoms with Gasteiger partial charge in [0.15, 0.2) is 0 Å². The summed E-state index contributed by atoms with van der Waals surface area (Å²) in [5.41, 5.74) is 1.85. The van der Waals surface area contributed by atoms with Gasteiger partial charge in [-0.25, -0.2) is 9.97 Å². The van der Waals surface area contributed by atoms with Crippen LogP contribution in [0.4, 0.5) is 11.5 Å². The number of thiazole rings is 1. The van der Waals surface area contributed by atoms with Crippen LogP contribution in [0, 0.1) is 6.92 Å². The number of nitrogens with one attached hydrogen (secondary N) is 1. The molecular formula is C15H18N4O2S. The molecule has 0 radical (unpaired) electrons. The molecule has 1 aliphatic heterocycles. The molecule has 6 nitrogen and oxygen atoms in total. The van der Waals surface area contributed by atoms with Crippen molar-refractivity contribution in [3.05, 3.63) is 34.4 Å². The number of carbonyl (C=O) groups excluding carboxylic acids is 1. The molecule has 1 fully saturated rings. The van der Waals surface area contributed by atoms with Gasteiger partial charge < -0.3 is 15.0 Å². The van der Waals surface area contributed by atoms with Gasteiger partial charge in [-0.05, 0) is 19.1 Å². The van der Waals surface area contributed by atoms with Crippen molar-refractivity contribution in [3.63, 3.8) is 0 Å². The molecule has 7 heteroatoms.